The number of hydrogen-bond acceptors (Lipinski definition) is 3. The van der Waals surface area contributed by atoms with Gasteiger partial charge in [-0.05, 0) is 50.2 Å². The molecular formula is C19H21FN2O2. The molecule has 0 radical (unpaired) electrons. The summed E-state index contributed by atoms with van der Waals surface area (Å²) in [5, 5.41) is 2.79. The average molecular weight is 328 g/mol. The molecule has 126 valence electrons. The number of nitrogens with one attached hydrogen (secondary N) is 1. The number of likely N-dealkylation sites (N-methyl/N-ethyl adjacent to an activating group) is 1. The van der Waals surface area contributed by atoms with E-state index in [-0.39, 0.29) is 24.1 Å². The Hall–Kier alpha value is -2.53. The van der Waals surface area contributed by atoms with Crippen LogP contribution in [0.2, 0.25) is 0 Å². The van der Waals surface area contributed by atoms with Crippen molar-refractivity contribution in [1.82, 2.24) is 4.90 Å². The summed E-state index contributed by atoms with van der Waals surface area (Å²) in [6.45, 7) is 2.42. The summed E-state index contributed by atoms with van der Waals surface area (Å²) in [6, 6.07) is 13.2. The van der Waals surface area contributed by atoms with E-state index < -0.39 is 0 Å². The van der Waals surface area contributed by atoms with E-state index in [9.17, 15) is 14.0 Å². The van der Waals surface area contributed by atoms with E-state index in [2.05, 4.69) is 5.32 Å². The molecule has 0 aliphatic heterocycles. The zero-order valence-electron chi connectivity index (χ0n) is 13.9. The maximum Gasteiger partial charge on any atom is 0.238 e. The first-order chi connectivity index (χ1) is 11.4. The molecule has 5 heteroatoms. The summed E-state index contributed by atoms with van der Waals surface area (Å²) in [6.07, 6.45) is 0.740. The number of rotatable bonds is 7. The Labute approximate surface area is 141 Å². The number of amides is 1. The van der Waals surface area contributed by atoms with Gasteiger partial charge in [0, 0.05) is 17.8 Å². The molecule has 0 heterocycles. The summed E-state index contributed by atoms with van der Waals surface area (Å²) < 4.78 is 12.9. The number of Topliss-reactive ketones (excluding diaryl/α,β-unsaturated/α-hetero) is 1. The molecule has 2 aromatic rings. The summed E-state index contributed by atoms with van der Waals surface area (Å²) in [5.74, 6) is -0.431. The Bertz CT molecular complexity index is 714. The molecule has 2 rings (SSSR count). The zero-order chi connectivity index (χ0) is 17.5. The Kier molecular flexibility index (Phi) is 6.21. The number of hydrogen-bond donors (Lipinski definition) is 1. The smallest absolute Gasteiger partial charge is 0.238 e. The van der Waals surface area contributed by atoms with Crippen molar-refractivity contribution < 1.29 is 14.0 Å². The standard InChI is InChI=1S/C19H21FN2O2/c1-14(23)16-4-3-5-18(12-16)21-19(24)13-22(2)11-10-15-6-8-17(20)9-7-15/h3-9,12H,10-11,13H2,1-2H3,(H,21,24). The van der Waals surface area contributed by atoms with Gasteiger partial charge in [0.2, 0.25) is 5.91 Å². The number of halogens is 1. The van der Waals surface area contributed by atoms with Gasteiger partial charge in [-0.2, -0.15) is 0 Å². The maximum absolute atomic E-state index is 12.9. The number of ketones is 1. The number of nitrogens with zero attached hydrogens (tertiary/aromatic N) is 1. The van der Waals surface area contributed by atoms with E-state index in [1.54, 1.807) is 36.4 Å². The lowest BCUT2D eigenvalue weighted by atomic mass is 10.1. The Morgan fingerprint density at radius 2 is 1.83 bits per heavy atom. The van der Waals surface area contributed by atoms with Gasteiger partial charge in [0.15, 0.2) is 5.78 Å². The van der Waals surface area contributed by atoms with Crippen LogP contribution in [0.1, 0.15) is 22.8 Å². The number of benzene rings is 2. The molecule has 0 fully saturated rings. The SMILES string of the molecule is CC(=O)c1cccc(NC(=O)CN(C)CCc2ccc(F)cc2)c1. The van der Waals surface area contributed by atoms with Crippen LogP contribution in [0, 0.1) is 5.82 Å². The van der Waals surface area contributed by atoms with Gasteiger partial charge in [-0.25, -0.2) is 4.39 Å². The van der Waals surface area contributed by atoms with Crippen LogP contribution >= 0.6 is 0 Å². The van der Waals surface area contributed by atoms with Crippen LogP contribution in [0.5, 0.6) is 0 Å². The van der Waals surface area contributed by atoms with Crippen molar-refractivity contribution in [2.75, 3.05) is 25.5 Å². The average Bonchev–Trinajstić information content (AvgIpc) is 2.54. The van der Waals surface area contributed by atoms with Gasteiger partial charge < -0.3 is 5.32 Å². The van der Waals surface area contributed by atoms with Gasteiger partial charge in [0.05, 0.1) is 6.54 Å². The highest BCUT2D eigenvalue weighted by atomic mass is 19.1. The van der Waals surface area contributed by atoms with Crippen LogP contribution in [0.25, 0.3) is 0 Å². The molecule has 24 heavy (non-hydrogen) atoms. The summed E-state index contributed by atoms with van der Waals surface area (Å²) >= 11 is 0. The third-order valence-corrected chi connectivity index (χ3v) is 3.66. The fourth-order valence-electron chi connectivity index (χ4n) is 2.31. The fourth-order valence-corrected chi connectivity index (χ4v) is 2.31. The molecule has 4 nitrogen and oxygen atoms in total. The molecule has 0 saturated heterocycles. The van der Waals surface area contributed by atoms with Crippen LogP contribution in [0.3, 0.4) is 0 Å². The van der Waals surface area contributed by atoms with Gasteiger partial charge in [0.1, 0.15) is 5.82 Å². The topological polar surface area (TPSA) is 49.4 Å². The van der Waals surface area contributed by atoms with Crippen LogP contribution in [-0.4, -0.2) is 36.7 Å². The second-order valence-corrected chi connectivity index (χ2v) is 5.80. The first kappa shape index (κ1) is 17.8. The third kappa shape index (κ3) is 5.59. The van der Waals surface area contributed by atoms with Crippen molar-refractivity contribution in [3.05, 3.63) is 65.5 Å². The van der Waals surface area contributed by atoms with Gasteiger partial charge in [-0.3, -0.25) is 14.5 Å². The first-order valence-corrected chi connectivity index (χ1v) is 7.78. The molecule has 0 unspecified atom stereocenters. The fraction of sp³-hybridized carbons (Fsp3) is 0.263. The van der Waals surface area contributed by atoms with E-state index in [4.69, 9.17) is 0 Å². The van der Waals surface area contributed by atoms with Crippen molar-refractivity contribution in [1.29, 1.82) is 0 Å². The van der Waals surface area contributed by atoms with Crippen LogP contribution in [0.15, 0.2) is 48.5 Å². The largest absolute Gasteiger partial charge is 0.325 e. The van der Waals surface area contributed by atoms with Crippen LogP contribution in [0.4, 0.5) is 10.1 Å². The highest BCUT2D eigenvalue weighted by Crippen LogP contribution is 2.11. The third-order valence-electron chi connectivity index (χ3n) is 3.66. The lowest BCUT2D eigenvalue weighted by Gasteiger charge is -2.16. The van der Waals surface area contributed by atoms with Crippen molar-refractivity contribution in [2.24, 2.45) is 0 Å². The first-order valence-electron chi connectivity index (χ1n) is 7.78. The second-order valence-electron chi connectivity index (χ2n) is 5.80. The van der Waals surface area contributed by atoms with E-state index in [1.807, 2.05) is 11.9 Å². The minimum Gasteiger partial charge on any atom is -0.325 e. The molecule has 0 aliphatic rings. The Morgan fingerprint density at radius 3 is 2.50 bits per heavy atom. The lowest BCUT2D eigenvalue weighted by Crippen LogP contribution is -2.31. The molecule has 0 atom stereocenters. The highest BCUT2D eigenvalue weighted by Gasteiger charge is 2.08. The quantitative estimate of drug-likeness (QED) is 0.795. The van der Waals surface area contributed by atoms with Crippen molar-refractivity contribution in [2.45, 2.75) is 13.3 Å². The van der Waals surface area contributed by atoms with E-state index in [0.717, 1.165) is 12.0 Å². The normalized spacial score (nSPS) is 10.7. The molecule has 0 aliphatic carbocycles. The molecule has 0 spiro atoms. The van der Waals surface area contributed by atoms with Crippen molar-refractivity contribution in [3.8, 4) is 0 Å². The van der Waals surface area contributed by atoms with Gasteiger partial charge in [-0.15, -0.1) is 0 Å². The van der Waals surface area contributed by atoms with E-state index in [1.165, 1.54) is 19.1 Å². The van der Waals surface area contributed by atoms with E-state index in [0.29, 0.717) is 17.8 Å². The molecule has 2 aromatic carbocycles. The minimum absolute atomic E-state index is 0.0393. The summed E-state index contributed by atoms with van der Waals surface area (Å²) in [5.41, 5.74) is 2.20. The molecule has 0 aromatic heterocycles. The molecule has 0 bridgehead atoms. The Morgan fingerprint density at radius 1 is 1.12 bits per heavy atom. The van der Waals surface area contributed by atoms with Crippen molar-refractivity contribution >= 4 is 17.4 Å². The zero-order valence-corrected chi connectivity index (χ0v) is 13.9. The molecule has 1 amide bonds. The molecule has 1 N–H and O–H groups in total. The van der Waals surface area contributed by atoms with Crippen molar-refractivity contribution in [3.63, 3.8) is 0 Å². The minimum atomic E-state index is -0.251. The monoisotopic (exact) mass is 328 g/mol. The van der Waals surface area contributed by atoms with Gasteiger partial charge in [0.25, 0.3) is 0 Å². The predicted octanol–water partition coefficient (Wildman–Crippen LogP) is 3.14. The highest BCUT2D eigenvalue weighted by molar-refractivity contribution is 5.97. The second kappa shape index (κ2) is 8.36. The summed E-state index contributed by atoms with van der Waals surface area (Å²) in [7, 11) is 1.86. The van der Waals surface area contributed by atoms with Crippen LogP contribution < -0.4 is 5.32 Å². The Balaban J connectivity index is 1.82. The summed E-state index contributed by atoms with van der Waals surface area (Å²) in [4.78, 5) is 25.3. The lowest BCUT2D eigenvalue weighted by molar-refractivity contribution is -0.117. The number of anilines is 1. The maximum atomic E-state index is 12.9. The molecule has 0 saturated carbocycles. The number of carbonyl (C=O) groups excluding carboxylic acids is 2. The number of carbonyl (C=O) groups is 2. The van der Waals surface area contributed by atoms with Gasteiger partial charge >= 0.3 is 0 Å². The predicted molar refractivity (Wildman–Crippen MR) is 92.7 cm³/mol. The molecular weight excluding hydrogens is 307 g/mol. The van der Waals surface area contributed by atoms with E-state index >= 15 is 0 Å². The van der Waals surface area contributed by atoms with Crippen LogP contribution in [-0.2, 0) is 11.2 Å². The van der Waals surface area contributed by atoms with Gasteiger partial charge in [-0.1, -0.05) is 24.3 Å².